The Morgan fingerprint density at radius 3 is 2.72 bits per heavy atom. The summed E-state index contributed by atoms with van der Waals surface area (Å²) in [6.45, 7) is 11.1. The van der Waals surface area contributed by atoms with Gasteiger partial charge in [0.15, 0.2) is 0 Å². The molecule has 36 heavy (non-hydrogen) atoms. The summed E-state index contributed by atoms with van der Waals surface area (Å²) in [6, 6.07) is 15.7. The molecule has 0 radical (unpaired) electrons. The number of aromatic nitrogens is 1. The Hall–Kier alpha value is -3.16. The fourth-order valence-electron chi connectivity index (χ4n) is 5.15. The average Bonchev–Trinajstić information content (AvgIpc) is 2.90. The minimum absolute atomic E-state index is 0.127. The Morgan fingerprint density at radius 1 is 1.11 bits per heavy atom. The van der Waals surface area contributed by atoms with Gasteiger partial charge in [0.25, 0.3) is 5.91 Å². The number of carbonyl (C=O) groups is 1. The summed E-state index contributed by atoms with van der Waals surface area (Å²) in [4.78, 5) is 22.7. The number of nitrogens with one attached hydrogen (secondary N) is 1. The maximum absolute atomic E-state index is 13.3. The third-order valence-electron chi connectivity index (χ3n) is 7.08. The van der Waals surface area contributed by atoms with Gasteiger partial charge in [0.05, 0.1) is 13.2 Å². The first kappa shape index (κ1) is 24.5. The van der Waals surface area contributed by atoms with Gasteiger partial charge in [0.2, 0.25) is 0 Å². The molecule has 1 amide bonds. The number of carbonyl (C=O) groups excluding carboxylic acids is 1. The Labute approximate surface area is 213 Å². The Balaban J connectivity index is 1.31. The SMILES string of the molecule is Cc1cc(C(=O)Nc2ccc(OCCN3CCOCC3)c3ccccc23)cc(N2CCCC(C)C2)n1. The predicted octanol–water partition coefficient (Wildman–Crippen LogP) is 4.74. The normalized spacial score (nSPS) is 18.8. The molecule has 0 saturated carbocycles. The molecule has 2 aliphatic rings. The Morgan fingerprint density at radius 2 is 1.92 bits per heavy atom. The highest BCUT2D eigenvalue weighted by Crippen LogP contribution is 2.32. The second kappa shape index (κ2) is 11.3. The largest absolute Gasteiger partial charge is 0.492 e. The Bertz CT molecular complexity index is 1210. The van der Waals surface area contributed by atoms with E-state index < -0.39 is 0 Å². The van der Waals surface area contributed by atoms with Gasteiger partial charge in [-0.25, -0.2) is 4.98 Å². The topological polar surface area (TPSA) is 66.9 Å². The number of benzene rings is 2. The summed E-state index contributed by atoms with van der Waals surface area (Å²) in [5.74, 6) is 2.23. The molecule has 2 aliphatic heterocycles. The molecular formula is C29H36N4O3. The van der Waals surface area contributed by atoms with E-state index in [1.165, 1.54) is 6.42 Å². The number of morpholine rings is 1. The van der Waals surface area contributed by atoms with Gasteiger partial charge in [0.1, 0.15) is 18.2 Å². The van der Waals surface area contributed by atoms with Crippen LogP contribution in [0.15, 0.2) is 48.5 Å². The molecule has 7 nitrogen and oxygen atoms in total. The van der Waals surface area contributed by atoms with Crippen LogP contribution in [0.2, 0.25) is 0 Å². The molecule has 1 atom stereocenters. The quantitative estimate of drug-likeness (QED) is 0.518. The van der Waals surface area contributed by atoms with Crippen molar-refractivity contribution in [2.24, 2.45) is 5.92 Å². The predicted molar refractivity (Wildman–Crippen MR) is 144 cm³/mol. The monoisotopic (exact) mass is 488 g/mol. The molecule has 5 rings (SSSR count). The lowest BCUT2D eigenvalue weighted by Crippen LogP contribution is -2.38. The van der Waals surface area contributed by atoms with Crippen molar-refractivity contribution in [3.63, 3.8) is 0 Å². The van der Waals surface area contributed by atoms with Crippen molar-refractivity contribution >= 4 is 28.2 Å². The molecule has 3 aromatic rings. The fourth-order valence-corrected chi connectivity index (χ4v) is 5.15. The van der Waals surface area contributed by atoms with Crippen LogP contribution in [0.4, 0.5) is 11.5 Å². The van der Waals surface area contributed by atoms with Gasteiger partial charge in [-0.1, -0.05) is 31.2 Å². The van der Waals surface area contributed by atoms with Crippen molar-refractivity contribution in [2.45, 2.75) is 26.7 Å². The number of ether oxygens (including phenoxy) is 2. The molecule has 0 spiro atoms. The molecule has 0 aliphatic carbocycles. The van der Waals surface area contributed by atoms with Gasteiger partial charge >= 0.3 is 0 Å². The van der Waals surface area contributed by atoms with Crippen LogP contribution in [0.25, 0.3) is 10.8 Å². The van der Waals surface area contributed by atoms with E-state index >= 15 is 0 Å². The molecule has 2 fully saturated rings. The third kappa shape index (κ3) is 5.79. The highest BCUT2D eigenvalue weighted by molar-refractivity contribution is 6.10. The standard InChI is InChI=1S/C29H36N4O3/c1-21-6-5-11-33(20-21)28-19-23(18-22(2)30-28)29(34)31-26-9-10-27(25-8-4-3-7-24(25)26)36-17-14-32-12-15-35-16-13-32/h3-4,7-10,18-19,21H,5-6,11-17,20H2,1-2H3,(H,31,34). The van der Waals surface area contributed by atoms with Crippen LogP contribution in [-0.2, 0) is 4.74 Å². The summed E-state index contributed by atoms with van der Waals surface area (Å²) in [7, 11) is 0. The van der Waals surface area contributed by atoms with Crippen LogP contribution in [0.5, 0.6) is 5.75 Å². The molecule has 2 saturated heterocycles. The summed E-state index contributed by atoms with van der Waals surface area (Å²) < 4.78 is 11.6. The molecular weight excluding hydrogens is 452 g/mol. The Kier molecular flexibility index (Phi) is 7.68. The zero-order chi connectivity index (χ0) is 24.9. The molecule has 190 valence electrons. The minimum atomic E-state index is -0.127. The zero-order valence-electron chi connectivity index (χ0n) is 21.3. The van der Waals surface area contributed by atoms with Crippen molar-refractivity contribution in [3.05, 3.63) is 59.8 Å². The van der Waals surface area contributed by atoms with Crippen LogP contribution < -0.4 is 15.0 Å². The van der Waals surface area contributed by atoms with Crippen LogP contribution in [0, 0.1) is 12.8 Å². The number of piperidine rings is 1. The minimum Gasteiger partial charge on any atom is -0.492 e. The first-order chi connectivity index (χ1) is 17.6. The second-order valence-electron chi connectivity index (χ2n) is 9.96. The highest BCUT2D eigenvalue weighted by Gasteiger charge is 2.20. The fraction of sp³-hybridized carbons (Fsp3) is 0.448. The van der Waals surface area contributed by atoms with Gasteiger partial charge in [-0.15, -0.1) is 0 Å². The van der Waals surface area contributed by atoms with Gasteiger partial charge in [-0.05, 0) is 49.9 Å². The molecule has 7 heteroatoms. The molecule has 1 unspecified atom stereocenters. The maximum Gasteiger partial charge on any atom is 0.255 e. The summed E-state index contributed by atoms with van der Waals surface area (Å²) in [5, 5.41) is 5.09. The number of nitrogens with zero attached hydrogens (tertiary/aromatic N) is 3. The molecule has 0 bridgehead atoms. The van der Waals surface area contributed by atoms with Gasteiger partial charge < -0.3 is 19.7 Å². The first-order valence-electron chi connectivity index (χ1n) is 13.1. The number of rotatable bonds is 7. The number of pyridine rings is 1. The first-order valence-corrected chi connectivity index (χ1v) is 13.1. The van der Waals surface area contributed by atoms with E-state index in [1.807, 2.05) is 55.5 Å². The van der Waals surface area contributed by atoms with Crippen molar-refractivity contribution in [3.8, 4) is 5.75 Å². The van der Waals surface area contributed by atoms with E-state index in [1.54, 1.807) is 0 Å². The molecule has 1 aromatic heterocycles. The highest BCUT2D eigenvalue weighted by atomic mass is 16.5. The van der Waals surface area contributed by atoms with E-state index in [4.69, 9.17) is 14.5 Å². The smallest absolute Gasteiger partial charge is 0.255 e. The van der Waals surface area contributed by atoms with Crippen molar-refractivity contribution < 1.29 is 14.3 Å². The van der Waals surface area contributed by atoms with E-state index in [9.17, 15) is 4.79 Å². The lowest BCUT2D eigenvalue weighted by atomic mass is 10.0. The third-order valence-corrected chi connectivity index (χ3v) is 7.08. The van der Waals surface area contributed by atoms with E-state index in [0.717, 1.165) is 86.1 Å². The lowest BCUT2D eigenvalue weighted by molar-refractivity contribution is 0.0323. The lowest BCUT2D eigenvalue weighted by Gasteiger charge is -2.32. The molecule has 3 heterocycles. The summed E-state index contributed by atoms with van der Waals surface area (Å²) >= 11 is 0. The number of hydrogen-bond donors (Lipinski definition) is 1. The van der Waals surface area contributed by atoms with Crippen molar-refractivity contribution in [1.82, 2.24) is 9.88 Å². The van der Waals surface area contributed by atoms with Crippen LogP contribution in [0.1, 0.15) is 35.8 Å². The van der Waals surface area contributed by atoms with Gasteiger partial charge in [-0.3, -0.25) is 9.69 Å². The van der Waals surface area contributed by atoms with E-state index in [0.29, 0.717) is 18.1 Å². The number of aryl methyl sites for hydroxylation is 1. The molecule has 2 aromatic carbocycles. The van der Waals surface area contributed by atoms with Crippen LogP contribution in [0.3, 0.4) is 0 Å². The zero-order valence-corrected chi connectivity index (χ0v) is 21.3. The second-order valence-corrected chi connectivity index (χ2v) is 9.96. The van der Waals surface area contributed by atoms with Crippen molar-refractivity contribution in [1.29, 1.82) is 0 Å². The molecule has 1 N–H and O–H groups in total. The summed E-state index contributed by atoms with van der Waals surface area (Å²) in [5.41, 5.74) is 2.26. The summed E-state index contributed by atoms with van der Waals surface area (Å²) in [6.07, 6.45) is 2.40. The number of anilines is 2. The van der Waals surface area contributed by atoms with Crippen LogP contribution >= 0.6 is 0 Å². The van der Waals surface area contributed by atoms with Gasteiger partial charge in [0, 0.05) is 60.4 Å². The maximum atomic E-state index is 13.3. The van der Waals surface area contributed by atoms with Crippen LogP contribution in [-0.4, -0.2) is 68.3 Å². The number of hydrogen-bond acceptors (Lipinski definition) is 6. The van der Waals surface area contributed by atoms with E-state index in [-0.39, 0.29) is 5.91 Å². The number of fused-ring (bicyclic) bond motifs is 1. The number of amides is 1. The van der Waals surface area contributed by atoms with Gasteiger partial charge in [-0.2, -0.15) is 0 Å². The average molecular weight is 489 g/mol. The van der Waals surface area contributed by atoms with E-state index in [2.05, 4.69) is 22.0 Å². The van der Waals surface area contributed by atoms with Crippen molar-refractivity contribution in [2.75, 3.05) is 62.8 Å².